The number of likely N-dealkylation sites (tertiary alicyclic amines) is 1. The largest absolute Gasteiger partial charge is 0.336 e. The number of nitrogens with one attached hydrogen (secondary N) is 2. The van der Waals surface area contributed by atoms with Crippen LogP contribution in [0.3, 0.4) is 0 Å². The molecule has 7 heteroatoms. The molecule has 0 aliphatic carbocycles. The van der Waals surface area contributed by atoms with Crippen LogP contribution in [0.15, 0.2) is 24.3 Å². The molecule has 3 heterocycles. The second kappa shape index (κ2) is 6.49. The summed E-state index contributed by atoms with van der Waals surface area (Å²) < 4.78 is 1.23. The Morgan fingerprint density at radius 1 is 1.42 bits per heavy atom. The van der Waals surface area contributed by atoms with Crippen LogP contribution in [0.25, 0.3) is 10.2 Å². The maximum atomic E-state index is 12.3. The van der Waals surface area contributed by atoms with Gasteiger partial charge in [-0.05, 0) is 25.0 Å². The Morgan fingerprint density at radius 3 is 3.08 bits per heavy atom. The quantitative estimate of drug-likeness (QED) is 0.857. The number of imide groups is 1. The molecule has 0 spiro atoms. The first-order valence-corrected chi connectivity index (χ1v) is 9.29. The molecule has 2 atom stereocenters. The van der Waals surface area contributed by atoms with Crippen LogP contribution in [0.1, 0.15) is 23.8 Å². The van der Waals surface area contributed by atoms with Crippen LogP contribution in [-0.2, 0) is 4.79 Å². The summed E-state index contributed by atoms with van der Waals surface area (Å²) in [6, 6.07) is 7.98. The van der Waals surface area contributed by atoms with Gasteiger partial charge in [0.25, 0.3) is 5.91 Å². The molecule has 2 saturated heterocycles. The van der Waals surface area contributed by atoms with E-state index >= 15 is 0 Å². The van der Waals surface area contributed by atoms with Crippen molar-refractivity contribution in [2.45, 2.75) is 18.8 Å². The lowest BCUT2D eigenvalue weighted by atomic mass is 9.99. The fourth-order valence-corrected chi connectivity index (χ4v) is 4.71. The van der Waals surface area contributed by atoms with E-state index in [0.717, 1.165) is 31.4 Å². The first-order valence-electron chi connectivity index (χ1n) is 8.48. The summed E-state index contributed by atoms with van der Waals surface area (Å²) >= 11 is 1.77. The Bertz CT molecular complexity index is 742. The fourth-order valence-electron chi connectivity index (χ4n) is 3.61. The minimum atomic E-state index is -0.251. The Hall–Kier alpha value is -1.99. The number of thiazole rings is 1. The molecule has 4 rings (SSSR count). The molecule has 126 valence electrons. The number of rotatable bonds is 3. The molecule has 2 fully saturated rings. The smallest absolute Gasteiger partial charge is 0.324 e. The van der Waals surface area contributed by atoms with Crippen LogP contribution >= 0.6 is 11.3 Å². The van der Waals surface area contributed by atoms with E-state index in [0.29, 0.717) is 25.6 Å². The van der Waals surface area contributed by atoms with Crippen LogP contribution in [0.2, 0.25) is 0 Å². The van der Waals surface area contributed by atoms with Gasteiger partial charge in [0.2, 0.25) is 0 Å². The highest BCUT2D eigenvalue weighted by Crippen LogP contribution is 2.30. The van der Waals surface area contributed by atoms with Crippen molar-refractivity contribution in [2.24, 2.45) is 0 Å². The third kappa shape index (κ3) is 3.01. The summed E-state index contributed by atoms with van der Waals surface area (Å²) in [6.07, 6.45) is 2.22. The van der Waals surface area contributed by atoms with Gasteiger partial charge < -0.3 is 10.2 Å². The zero-order valence-corrected chi connectivity index (χ0v) is 14.3. The lowest BCUT2D eigenvalue weighted by molar-refractivity contribution is -0.898. The Morgan fingerprint density at radius 2 is 2.29 bits per heavy atom. The van der Waals surface area contributed by atoms with Gasteiger partial charge in [-0.1, -0.05) is 12.1 Å². The minimum absolute atomic E-state index is 0.0649. The van der Waals surface area contributed by atoms with Crippen molar-refractivity contribution in [3.05, 3.63) is 29.3 Å². The van der Waals surface area contributed by atoms with Crippen LogP contribution in [0.5, 0.6) is 0 Å². The molecule has 2 aromatic rings. The number of para-hydroxylation sites is 1. The molecule has 2 N–H and O–H groups in total. The number of quaternary nitrogens is 1. The Balaban J connectivity index is 1.43. The number of piperidine rings is 1. The Labute approximate surface area is 144 Å². The molecule has 3 amide bonds. The normalized spacial score (nSPS) is 24.3. The summed E-state index contributed by atoms with van der Waals surface area (Å²) in [5.41, 5.74) is 1.06. The van der Waals surface area contributed by atoms with Gasteiger partial charge in [-0.25, -0.2) is 9.78 Å². The SMILES string of the molecule is O=C(C[NH+]1CCC[C@@H](c2nc3ccccc3s2)C1)N1CCNC1=O. The highest BCUT2D eigenvalue weighted by molar-refractivity contribution is 7.18. The molecule has 2 aliphatic heterocycles. The second-order valence-corrected chi connectivity index (χ2v) is 7.58. The maximum absolute atomic E-state index is 12.3. The lowest BCUT2D eigenvalue weighted by Crippen LogP contribution is -3.14. The number of benzene rings is 1. The summed E-state index contributed by atoms with van der Waals surface area (Å²) in [5.74, 6) is 0.344. The van der Waals surface area contributed by atoms with Crippen molar-refractivity contribution < 1.29 is 14.5 Å². The Kier molecular flexibility index (Phi) is 4.20. The fraction of sp³-hybridized carbons (Fsp3) is 0.471. The van der Waals surface area contributed by atoms with E-state index in [4.69, 9.17) is 4.98 Å². The molecule has 0 bridgehead atoms. The van der Waals surface area contributed by atoms with Gasteiger partial charge in [0.05, 0.1) is 29.2 Å². The van der Waals surface area contributed by atoms with Crippen LogP contribution in [0, 0.1) is 0 Å². The van der Waals surface area contributed by atoms with E-state index in [1.807, 2.05) is 12.1 Å². The third-order valence-electron chi connectivity index (χ3n) is 4.84. The number of hydrogen-bond donors (Lipinski definition) is 2. The van der Waals surface area contributed by atoms with Crippen LogP contribution in [-0.4, -0.2) is 54.5 Å². The first kappa shape index (κ1) is 15.5. The summed E-state index contributed by atoms with van der Waals surface area (Å²) in [5, 5.41) is 3.87. The van der Waals surface area contributed by atoms with E-state index in [1.165, 1.54) is 19.5 Å². The third-order valence-corrected chi connectivity index (χ3v) is 6.04. The maximum Gasteiger partial charge on any atom is 0.324 e. The van der Waals surface area contributed by atoms with Gasteiger partial charge in [0, 0.05) is 13.1 Å². The molecule has 0 saturated carbocycles. The van der Waals surface area contributed by atoms with E-state index in [1.54, 1.807) is 11.3 Å². The zero-order valence-electron chi connectivity index (χ0n) is 13.5. The van der Waals surface area contributed by atoms with E-state index in [-0.39, 0.29) is 11.9 Å². The van der Waals surface area contributed by atoms with E-state index in [2.05, 4.69) is 17.4 Å². The van der Waals surface area contributed by atoms with Gasteiger partial charge in [-0.3, -0.25) is 9.69 Å². The van der Waals surface area contributed by atoms with Crippen molar-refractivity contribution >= 4 is 33.5 Å². The van der Waals surface area contributed by atoms with Gasteiger partial charge in [-0.15, -0.1) is 11.3 Å². The number of carbonyl (C=O) groups is 2. The molecule has 1 aromatic heterocycles. The minimum Gasteiger partial charge on any atom is -0.336 e. The van der Waals surface area contributed by atoms with Gasteiger partial charge >= 0.3 is 6.03 Å². The van der Waals surface area contributed by atoms with Crippen molar-refractivity contribution in [3.8, 4) is 0 Å². The summed E-state index contributed by atoms with van der Waals surface area (Å²) in [4.78, 5) is 31.3. The van der Waals surface area contributed by atoms with E-state index in [9.17, 15) is 9.59 Å². The number of aromatic nitrogens is 1. The number of fused-ring (bicyclic) bond motifs is 1. The predicted octanol–water partition coefficient (Wildman–Crippen LogP) is 0.610. The topological polar surface area (TPSA) is 66.7 Å². The summed E-state index contributed by atoms with van der Waals surface area (Å²) in [7, 11) is 0. The van der Waals surface area contributed by atoms with Gasteiger partial charge in [0.1, 0.15) is 5.01 Å². The molecule has 0 radical (unpaired) electrons. The number of urea groups is 1. The van der Waals surface area contributed by atoms with Gasteiger partial charge in [-0.2, -0.15) is 0 Å². The molecule has 1 aromatic carbocycles. The van der Waals surface area contributed by atoms with Crippen LogP contribution in [0.4, 0.5) is 4.79 Å². The average molecular weight is 345 g/mol. The monoisotopic (exact) mass is 345 g/mol. The highest BCUT2D eigenvalue weighted by Gasteiger charge is 2.32. The standard InChI is InChI=1S/C17H20N4O2S/c22-15(21-9-7-18-17(21)23)11-20-8-3-4-12(10-20)16-19-13-5-1-2-6-14(13)24-16/h1-2,5-6,12H,3-4,7-11H2,(H,18,23)/p+1/t12-/m1/s1. The average Bonchev–Trinajstić information content (AvgIpc) is 3.21. The molecular weight excluding hydrogens is 324 g/mol. The predicted molar refractivity (Wildman–Crippen MR) is 92.3 cm³/mol. The highest BCUT2D eigenvalue weighted by atomic mass is 32.1. The molecule has 1 unspecified atom stereocenters. The van der Waals surface area contributed by atoms with E-state index < -0.39 is 0 Å². The van der Waals surface area contributed by atoms with Crippen molar-refractivity contribution in [3.63, 3.8) is 0 Å². The number of nitrogens with zero attached hydrogens (tertiary/aromatic N) is 2. The molecular formula is C17H21N4O2S+. The number of hydrogen-bond acceptors (Lipinski definition) is 4. The van der Waals surface area contributed by atoms with Crippen LogP contribution < -0.4 is 10.2 Å². The van der Waals surface area contributed by atoms with Crippen molar-refractivity contribution in [1.29, 1.82) is 0 Å². The van der Waals surface area contributed by atoms with Crippen molar-refractivity contribution in [2.75, 3.05) is 32.7 Å². The molecule has 2 aliphatic rings. The molecule has 24 heavy (non-hydrogen) atoms. The second-order valence-electron chi connectivity index (χ2n) is 6.52. The van der Waals surface area contributed by atoms with Gasteiger partial charge in [0.15, 0.2) is 6.54 Å². The number of carbonyl (C=O) groups excluding carboxylic acids is 2. The number of amides is 3. The lowest BCUT2D eigenvalue weighted by Gasteiger charge is -2.29. The zero-order chi connectivity index (χ0) is 16.5. The van der Waals surface area contributed by atoms with Crippen molar-refractivity contribution in [1.82, 2.24) is 15.2 Å². The molecule has 6 nitrogen and oxygen atoms in total. The first-order chi connectivity index (χ1) is 11.7. The summed E-state index contributed by atoms with van der Waals surface area (Å²) in [6.45, 7) is 3.36.